The molecule has 0 aliphatic heterocycles. The smallest absolute Gasteiger partial charge is 0.0991 e. The minimum absolute atomic E-state index is 0.441. The molecule has 0 N–H and O–H groups in total. The number of nitrogens with zero attached hydrogens (tertiary/aromatic N) is 3. The summed E-state index contributed by atoms with van der Waals surface area (Å²) in [5, 5.41) is 13.4. The Balaban J connectivity index is 1.26. The Labute approximate surface area is 273 Å². The molecule has 1 aliphatic carbocycles. The minimum Gasteiger partial charge on any atom is -0.313 e. The van der Waals surface area contributed by atoms with Crippen molar-refractivity contribution in [2.75, 3.05) is 0 Å². The van der Waals surface area contributed by atoms with Crippen LogP contribution in [0.4, 0.5) is 0 Å². The number of rotatable bonds is 4. The number of aromatic nitrogens is 2. The zero-order valence-corrected chi connectivity index (χ0v) is 26.1. The average Bonchev–Trinajstić information content (AvgIpc) is 3.65. The number of hydrogen-bond donors (Lipinski definition) is 0. The van der Waals surface area contributed by atoms with Crippen LogP contribution in [0.1, 0.15) is 36.1 Å². The van der Waals surface area contributed by atoms with Crippen LogP contribution in [0.5, 0.6) is 0 Å². The van der Waals surface area contributed by atoms with Gasteiger partial charge < -0.3 is 9.13 Å². The van der Waals surface area contributed by atoms with Crippen LogP contribution in [0.3, 0.4) is 0 Å². The van der Waals surface area contributed by atoms with E-state index in [1.165, 1.54) is 49.7 Å². The molecule has 0 radical (unpaired) electrons. The van der Waals surface area contributed by atoms with E-state index in [1.54, 1.807) is 0 Å². The summed E-state index contributed by atoms with van der Waals surface area (Å²) in [5.74, 6) is 0.441. The van der Waals surface area contributed by atoms with E-state index in [1.807, 2.05) is 18.2 Å². The van der Waals surface area contributed by atoms with Crippen LogP contribution >= 0.6 is 0 Å². The van der Waals surface area contributed by atoms with Crippen LogP contribution in [0, 0.1) is 11.3 Å². The summed E-state index contributed by atoms with van der Waals surface area (Å²) in [4.78, 5) is 0. The lowest BCUT2D eigenvalue weighted by atomic mass is 9.93. The van der Waals surface area contributed by atoms with Gasteiger partial charge in [-0.25, -0.2) is 0 Å². The molecule has 222 valence electrons. The first-order valence-corrected chi connectivity index (χ1v) is 16.2. The molecule has 0 saturated heterocycles. The third-order valence-corrected chi connectivity index (χ3v) is 9.77. The lowest BCUT2D eigenvalue weighted by Crippen LogP contribution is -2.07. The molecule has 3 nitrogen and oxygen atoms in total. The molecule has 2 aromatic heterocycles. The maximum Gasteiger partial charge on any atom is 0.0991 e. The van der Waals surface area contributed by atoms with Gasteiger partial charge in [-0.05, 0) is 71.6 Å². The first-order valence-electron chi connectivity index (χ1n) is 16.2. The van der Waals surface area contributed by atoms with Crippen molar-refractivity contribution >= 4 is 38.8 Å². The molecule has 1 unspecified atom stereocenters. The summed E-state index contributed by atoms with van der Waals surface area (Å²) in [6.07, 6.45) is 5.66. The van der Waals surface area contributed by atoms with Gasteiger partial charge in [-0.3, -0.25) is 0 Å². The molecular formula is C44H31N3. The van der Waals surface area contributed by atoms with Gasteiger partial charge in [0.25, 0.3) is 0 Å². The van der Waals surface area contributed by atoms with Crippen molar-refractivity contribution in [1.29, 1.82) is 5.26 Å². The number of benzene rings is 6. The molecule has 8 aromatic rings. The van der Waals surface area contributed by atoms with E-state index in [0.29, 0.717) is 11.5 Å². The van der Waals surface area contributed by atoms with Gasteiger partial charge in [0.15, 0.2) is 0 Å². The van der Waals surface area contributed by atoms with Gasteiger partial charge in [-0.1, -0.05) is 110 Å². The zero-order chi connectivity index (χ0) is 31.5. The second-order valence-corrected chi connectivity index (χ2v) is 12.5. The average molecular weight is 602 g/mol. The standard InChI is InChI=1S/C44H31N3/c1-29-10-8-16-39-38-15-4-5-17-40(38)46(44(29)39)34-23-20-31(21-24-34)35-25-22-33(32-12-9-11-30(26-32)28-45)27-43(35)47-41-18-6-2-13-36(41)37-14-3-7-19-42(37)47/h2-9,11-27,29H,10H2,1H3. The maximum atomic E-state index is 9.61. The van der Waals surface area contributed by atoms with Crippen LogP contribution in [-0.4, -0.2) is 9.13 Å². The third-order valence-electron chi connectivity index (χ3n) is 9.77. The van der Waals surface area contributed by atoms with E-state index in [-0.39, 0.29) is 0 Å². The van der Waals surface area contributed by atoms with E-state index in [0.717, 1.165) is 34.4 Å². The van der Waals surface area contributed by atoms with Gasteiger partial charge in [0.05, 0.1) is 33.9 Å². The molecule has 6 aromatic carbocycles. The highest BCUT2D eigenvalue weighted by molar-refractivity contribution is 6.10. The predicted octanol–water partition coefficient (Wildman–Crippen LogP) is 11.5. The summed E-state index contributed by atoms with van der Waals surface area (Å²) < 4.78 is 4.86. The number of allylic oxidation sites excluding steroid dienone is 1. The maximum absolute atomic E-state index is 9.61. The SMILES string of the molecule is CC1CC=Cc2c1n(-c1ccc(-c3ccc(-c4cccc(C#N)c4)cc3-n3c4ccccc4c4ccccc43)cc1)c1ccccc21. The van der Waals surface area contributed by atoms with Gasteiger partial charge in [0, 0.05) is 44.6 Å². The molecule has 9 rings (SSSR count). The van der Waals surface area contributed by atoms with Gasteiger partial charge in [0.2, 0.25) is 0 Å². The Bertz CT molecular complexity index is 2520. The molecule has 0 saturated carbocycles. The highest BCUT2D eigenvalue weighted by atomic mass is 15.0. The number of hydrogen-bond acceptors (Lipinski definition) is 1. The van der Waals surface area contributed by atoms with Crippen molar-refractivity contribution in [3.63, 3.8) is 0 Å². The van der Waals surface area contributed by atoms with Gasteiger partial charge in [-0.2, -0.15) is 5.26 Å². The molecule has 0 bridgehead atoms. The van der Waals surface area contributed by atoms with E-state index in [2.05, 4.69) is 156 Å². The third kappa shape index (κ3) is 4.26. The van der Waals surface area contributed by atoms with E-state index < -0.39 is 0 Å². The Morgan fingerprint density at radius 3 is 1.91 bits per heavy atom. The molecule has 0 amide bonds. The topological polar surface area (TPSA) is 33.6 Å². The second kappa shape index (κ2) is 10.8. The fourth-order valence-corrected chi connectivity index (χ4v) is 7.61. The van der Waals surface area contributed by atoms with Gasteiger partial charge in [0.1, 0.15) is 0 Å². The molecule has 47 heavy (non-hydrogen) atoms. The summed E-state index contributed by atoms with van der Waals surface area (Å²) in [7, 11) is 0. The lowest BCUT2D eigenvalue weighted by molar-refractivity contribution is 0.723. The van der Waals surface area contributed by atoms with Crippen molar-refractivity contribution in [1.82, 2.24) is 9.13 Å². The van der Waals surface area contributed by atoms with Crippen molar-refractivity contribution in [3.8, 4) is 39.7 Å². The van der Waals surface area contributed by atoms with Crippen LogP contribution < -0.4 is 0 Å². The van der Waals surface area contributed by atoms with Crippen LogP contribution in [-0.2, 0) is 0 Å². The summed E-state index contributed by atoms with van der Waals surface area (Å²) in [5.41, 5.74) is 13.7. The highest BCUT2D eigenvalue weighted by Gasteiger charge is 2.23. The fraction of sp³-hybridized carbons (Fsp3) is 0.0682. The normalized spacial score (nSPS) is 14.1. The largest absolute Gasteiger partial charge is 0.313 e. The van der Waals surface area contributed by atoms with E-state index in [4.69, 9.17) is 0 Å². The first-order chi connectivity index (χ1) is 23.2. The van der Waals surface area contributed by atoms with Crippen molar-refractivity contribution < 1.29 is 0 Å². The van der Waals surface area contributed by atoms with Crippen molar-refractivity contribution in [2.45, 2.75) is 19.3 Å². The minimum atomic E-state index is 0.441. The summed E-state index contributed by atoms with van der Waals surface area (Å²) in [6.45, 7) is 2.33. The predicted molar refractivity (Wildman–Crippen MR) is 195 cm³/mol. The summed E-state index contributed by atoms with van der Waals surface area (Å²) >= 11 is 0. The van der Waals surface area contributed by atoms with Crippen LogP contribution in [0.15, 0.2) is 146 Å². The monoisotopic (exact) mass is 601 g/mol. The Morgan fingerprint density at radius 1 is 0.596 bits per heavy atom. The van der Waals surface area contributed by atoms with Gasteiger partial charge >= 0.3 is 0 Å². The molecule has 2 heterocycles. The Kier molecular flexibility index (Phi) is 6.23. The number of nitriles is 1. The molecular weight excluding hydrogens is 571 g/mol. The Morgan fingerprint density at radius 2 is 1.21 bits per heavy atom. The van der Waals surface area contributed by atoms with Gasteiger partial charge in [-0.15, -0.1) is 0 Å². The van der Waals surface area contributed by atoms with Crippen LogP contribution in [0.25, 0.3) is 72.4 Å². The lowest BCUT2D eigenvalue weighted by Gasteiger charge is -2.20. The summed E-state index contributed by atoms with van der Waals surface area (Å²) in [6, 6.07) is 52.0. The Hall–Kier alpha value is -6.11. The highest BCUT2D eigenvalue weighted by Crippen LogP contribution is 2.41. The van der Waals surface area contributed by atoms with Crippen LogP contribution in [0.2, 0.25) is 0 Å². The van der Waals surface area contributed by atoms with E-state index in [9.17, 15) is 5.26 Å². The second-order valence-electron chi connectivity index (χ2n) is 12.5. The fourth-order valence-electron chi connectivity index (χ4n) is 7.61. The number of fused-ring (bicyclic) bond motifs is 6. The molecule has 3 heteroatoms. The molecule has 0 fully saturated rings. The van der Waals surface area contributed by atoms with Crippen molar-refractivity contribution in [2.24, 2.45) is 0 Å². The zero-order valence-electron chi connectivity index (χ0n) is 26.1. The van der Waals surface area contributed by atoms with E-state index >= 15 is 0 Å². The molecule has 1 atom stereocenters. The van der Waals surface area contributed by atoms with Crippen molar-refractivity contribution in [3.05, 3.63) is 162 Å². The molecule has 0 spiro atoms. The number of para-hydroxylation sites is 3. The molecule has 1 aliphatic rings. The quantitative estimate of drug-likeness (QED) is 0.198. The first kappa shape index (κ1) is 27.2.